The van der Waals surface area contributed by atoms with E-state index in [1.54, 1.807) is 7.11 Å². The van der Waals surface area contributed by atoms with E-state index in [9.17, 15) is 9.59 Å². The maximum Gasteiger partial charge on any atom is 0.234 e. The van der Waals surface area contributed by atoms with Crippen molar-refractivity contribution in [1.82, 2.24) is 10.2 Å². The number of nitrogens with zero attached hydrogens (tertiary/aromatic N) is 1. The Bertz CT molecular complexity index is 508. The summed E-state index contributed by atoms with van der Waals surface area (Å²) in [6.45, 7) is 2.34. The number of rotatable bonds is 6. The highest BCUT2D eigenvalue weighted by atomic mass is 16.5. The first-order valence-electron chi connectivity index (χ1n) is 7.50. The smallest absolute Gasteiger partial charge is 0.234 e. The maximum atomic E-state index is 12.0. The molecule has 3 N–H and O–H groups in total. The number of hydrogen-bond donors (Lipinski definition) is 2. The predicted octanol–water partition coefficient (Wildman–Crippen LogP) is 0.509. The van der Waals surface area contributed by atoms with Crippen LogP contribution in [0.1, 0.15) is 18.4 Å². The van der Waals surface area contributed by atoms with E-state index >= 15 is 0 Å². The Kier molecular flexibility index (Phi) is 5.77. The van der Waals surface area contributed by atoms with Crippen LogP contribution in [-0.4, -0.2) is 43.5 Å². The fourth-order valence-corrected chi connectivity index (χ4v) is 2.58. The summed E-state index contributed by atoms with van der Waals surface area (Å²) in [7, 11) is 1.62. The molecule has 1 fully saturated rings. The lowest BCUT2D eigenvalue weighted by Gasteiger charge is -2.29. The van der Waals surface area contributed by atoms with Gasteiger partial charge in [0.25, 0.3) is 0 Å². The van der Waals surface area contributed by atoms with E-state index in [-0.39, 0.29) is 17.7 Å². The lowest BCUT2D eigenvalue weighted by Crippen LogP contribution is -2.43. The number of benzene rings is 1. The monoisotopic (exact) mass is 305 g/mol. The minimum atomic E-state index is -0.233. The molecule has 0 bridgehead atoms. The van der Waals surface area contributed by atoms with Crippen LogP contribution in [0.15, 0.2) is 24.3 Å². The Morgan fingerprint density at radius 1 is 1.27 bits per heavy atom. The zero-order valence-corrected chi connectivity index (χ0v) is 12.9. The van der Waals surface area contributed by atoms with Crippen molar-refractivity contribution in [2.75, 3.05) is 26.7 Å². The SMILES string of the molecule is COc1ccc(CNC(=O)CN2CCC(C(N)=O)CC2)cc1. The first-order chi connectivity index (χ1) is 10.6. The van der Waals surface area contributed by atoms with Crippen molar-refractivity contribution < 1.29 is 14.3 Å². The van der Waals surface area contributed by atoms with Crippen LogP contribution in [-0.2, 0) is 16.1 Å². The van der Waals surface area contributed by atoms with Gasteiger partial charge in [-0.3, -0.25) is 14.5 Å². The van der Waals surface area contributed by atoms with Crippen molar-refractivity contribution in [3.05, 3.63) is 29.8 Å². The van der Waals surface area contributed by atoms with Gasteiger partial charge in [0.05, 0.1) is 13.7 Å². The number of methoxy groups -OCH3 is 1. The molecule has 1 saturated heterocycles. The van der Waals surface area contributed by atoms with E-state index in [1.807, 2.05) is 24.3 Å². The average molecular weight is 305 g/mol. The van der Waals surface area contributed by atoms with E-state index in [4.69, 9.17) is 10.5 Å². The largest absolute Gasteiger partial charge is 0.497 e. The molecule has 1 aliphatic heterocycles. The number of hydrogen-bond acceptors (Lipinski definition) is 4. The third-order valence-corrected chi connectivity index (χ3v) is 4.01. The minimum Gasteiger partial charge on any atom is -0.497 e. The number of nitrogens with one attached hydrogen (secondary N) is 1. The summed E-state index contributed by atoms with van der Waals surface area (Å²) in [5.41, 5.74) is 6.33. The van der Waals surface area contributed by atoms with Crippen LogP contribution < -0.4 is 15.8 Å². The number of primary amides is 1. The van der Waals surface area contributed by atoms with Crippen LogP contribution in [0.3, 0.4) is 0 Å². The third-order valence-electron chi connectivity index (χ3n) is 4.01. The second kappa shape index (κ2) is 7.79. The van der Waals surface area contributed by atoms with Gasteiger partial charge in [-0.15, -0.1) is 0 Å². The van der Waals surface area contributed by atoms with Gasteiger partial charge < -0.3 is 15.8 Å². The molecule has 0 atom stereocenters. The summed E-state index contributed by atoms with van der Waals surface area (Å²) in [6.07, 6.45) is 1.47. The van der Waals surface area contributed by atoms with Crippen molar-refractivity contribution in [2.24, 2.45) is 11.7 Å². The highest BCUT2D eigenvalue weighted by molar-refractivity contribution is 5.78. The normalized spacial score (nSPS) is 16.2. The number of piperidine rings is 1. The Balaban J connectivity index is 1.70. The zero-order valence-electron chi connectivity index (χ0n) is 12.9. The number of amides is 2. The molecule has 6 nitrogen and oxygen atoms in total. The fraction of sp³-hybridized carbons (Fsp3) is 0.500. The molecule has 2 amide bonds. The Hall–Kier alpha value is -2.08. The Labute approximate surface area is 130 Å². The molecule has 2 rings (SSSR count). The summed E-state index contributed by atoms with van der Waals surface area (Å²) in [6, 6.07) is 7.60. The summed E-state index contributed by atoms with van der Waals surface area (Å²) >= 11 is 0. The highest BCUT2D eigenvalue weighted by Crippen LogP contribution is 2.16. The van der Waals surface area contributed by atoms with Crippen molar-refractivity contribution in [3.8, 4) is 5.75 Å². The van der Waals surface area contributed by atoms with Gasteiger partial charge in [0.2, 0.25) is 11.8 Å². The van der Waals surface area contributed by atoms with Gasteiger partial charge in [-0.2, -0.15) is 0 Å². The molecule has 1 aromatic carbocycles. The van der Waals surface area contributed by atoms with Crippen LogP contribution in [0.2, 0.25) is 0 Å². The Morgan fingerprint density at radius 2 is 1.91 bits per heavy atom. The molecule has 0 saturated carbocycles. The van der Waals surface area contributed by atoms with Gasteiger partial charge in [-0.1, -0.05) is 12.1 Å². The second-order valence-electron chi connectivity index (χ2n) is 5.58. The topological polar surface area (TPSA) is 84.7 Å². The molecule has 22 heavy (non-hydrogen) atoms. The van der Waals surface area contributed by atoms with Gasteiger partial charge >= 0.3 is 0 Å². The number of likely N-dealkylation sites (tertiary alicyclic amines) is 1. The molecule has 0 aliphatic carbocycles. The van der Waals surface area contributed by atoms with E-state index in [0.717, 1.165) is 37.2 Å². The summed E-state index contributed by atoms with van der Waals surface area (Å²) < 4.78 is 5.09. The van der Waals surface area contributed by atoms with Crippen LogP contribution in [0.5, 0.6) is 5.75 Å². The number of nitrogens with two attached hydrogens (primary N) is 1. The Morgan fingerprint density at radius 3 is 2.45 bits per heavy atom. The van der Waals surface area contributed by atoms with Crippen molar-refractivity contribution in [3.63, 3.8) is 0 Å². The van der Waals surface area contributed by atoms with Crippen LogP contribution >= 0.6 is 0 Å². The summed E-state index contributed by atoms with van der Waals surface area (Å²) in [5.74, 6) is 0.517. The fourth-order valence-electron chi connectivity index (χ4n) is 2.58. The van der Waals surface area contributed by atoms with Crippen LogP contribution in [0.4, 0.5) is 0 Å². The van der Waals surface area contributed by atoms with E-state index < -0.39 is 0 Å². The van der Waals surface area contributed by atoms with Crippen LogP contribution in [0, 0.1) is 5.92 Å². The number of carbonyl (C=O) groups is 2. The molecular formula is C16H23N3O3. The molecule has 6 heteroatoms. The molecule has 0 unspecified atom stereocenters. The number of carbonyl (C=O) groups excluding carboxylic acids is 2. The first kappa shape index (κ1) is 16.3. The molecule has 0 aromatic heterocycles. The summed E-state index contributed by atoms with van der Waals surface area (Å²) in [5, 5.41) is 2.90. The molecular weight excluding hydrogens is 282 g/mol. The van der Waals surface area contributed by atoms with Crippen molar-refractivity contribution in [1.29, 1.82) is 0 Å². The molecule has 0 radical (unpaired) electrons. The minimum absolute atomic E-state index is 0.00616. The van der Waals surface area contributed by atoms with Gasteiger partial charge in [-0.25, -0.2) is 0 Å². The van der Waals surface area contributed by atoms with E-state index in [2.05, 4.69) is 10.2 Å². The quantitative estimate of drug-likeness (QED) is 0.802. The second-order valence-corrected chi connectivity index (χ2v) is 5.58. The molecule has 0 spiro atoms. The van der Waals surface area contributed by atoms with Gasteiger partial charge in [0.1, 0.15) is 5.75 Å². The maximum absolute atomic E-state index is 12.0. The van der Waals surface area contributed by atoms with Gasteiger partial charge in [0, 0.05) is 12.5 Å². The van der Waals surface area contributed by atoms with E-state index in [0.29, 0.717) is 13.1 Å². The standard InChI is InChI=1S/C16H23N3O3/c1-22-14-4-2-12(3-5-14)10-18-15(20)11-19-8-6-13(7-9-19)16(17)21/h2-5,13H,6-11H2,1H3,(H2,17,21)(H,18,20). The van der Waals surface area contributed by atoms with Crippen molar-refractivity contribution in [2.45, 2.75) is 19.4 Å². The molecule has 1 heterocycles. The third kappa shape index (κ3) is 4.73. The first-order valence-corrected chi connectivity index (χ1v) is 7.50. The summed E-state index contributed by atoms with van der Waals surface area (Å²) in [4.78, 5) is 25.1. The highest BCUT2D eigenvalue weighted by Gasteiger charge is 2.23. The van der Waals surface area contributed by atoms with E-state index in [1.165, 1.54) is 0 Å². The number of ether oxygens (including phenoxy) is 1. The van der Waals surface area contributed by atoms with Gasteiger partial charge in [0.15, 0.2) is 0 Å². The molecule has 1 aromatic rings. The lowest BCUT2D eigenvalue weighted by molar-refractivity contribution is -0.124. The van der Waals surface area contributed by atoms with Gasteiger partial charge in [-0.05, 0) is 43.6 Å². The average Bonchev–Trinajstić information content (AvgIpc) is 2.54. The predicted molar refractivity (Wildman–Crippen MR) is 83.2 cm³/mol. The molecule has 120 valence electrons. The van der Waals surface area contributed by atoms with Crippen LogP contribution in [0.25, 0.3) is 0 Å². The lowest BCUT2D eigenvalue weighted by atomic mass is 9.96. The van der Waals surface area contributed by atoms with Crippen molar-refractivity contribution >= 4 is 11.8 Å². The molecule has 1 aliphatic rings. The zero-order chi connectivity index (χ0) is 15.9.